The van der Waals surface area contributed by atoms with Gasteiger partial charge in [0.1, 0.15) is 28.9 Å². The summed E-state index contributed by atoms with van der Waals surface area (Å²) in [6.07, 6.45) is 3.06. The second-order valence-electron chi connectivity index (χ2n) is 15.6. The number of nitrogens with one attached hydrogen (secondary N) is 2. The fraction of sp³-hybridized carbons (Fsp3) is 0.366. The Kier molecular flexibility index (Phi) is 9.43. The van der Waals surface area contributed by atoms with Crippen LogP contribution in [0.25, 0.3) is 22.3 Å². The molecule has 15 nitrogen and oxygen atoms in total. The normalized spacial score (nSPS) is 19.3. The number of nitrogens with zero attached hydrogens (tertiary/aromatic N) is 9. The topological polar surface area (TPSA) is 162 Å². The molecule has 1 unspecified atom stereocenters. The summed E-state index contributed by atoms with van der Waals surface area (Å²) in [6.45, 7) is 11.7. The third-order valence-corrected chi connectivity index (χ3v) is 11.5. The zero-order chi connectivity index (χ0) is 40.4. The summed E-state index contributed by atoms with van der Waals surface area (Å²) in [5, 5.41) is 5.27. The molecule has 0 radical (unpaired) electrons. The van der Waals surface area contributed by atoms with Gasteiger partial charge in [0.05, 0.1) is 22.8 Å². The van der Waals surface area contributed by atoms with E-state index in [1.165, 1.54) is 6.07 Å². The fourth-order valence-corrected chi connectivity index (χ4v) is 8.49. The van der Waals surface area contributed by atoms with Crippen molar-refractivity contribution in [1.29, 1.82) is 0 Å². The number of imide groups is 2. The number of imidazole rings is 1. The number of carbonyl (C=O) groups is 4. The standard InChI is InChI=1S/C41H41F2N11O4/c1-22(2)53-23(3)46-37-30(42)14-25(15-33(37)53)36-31(43)18-45-41(49-36)47-34-8-4-24(17-44-34)19-50-10-12-51(13-11-50)27-20-52(21-27)26-5-6-28-29(16-26)40(58)54(39(28)57)32-7-9-35(55)48-38(32)56/h4-6,8,14-18,22,27,32H,7,9-13,19-21H2,1-3H3,(H,48,55,56)(H,44,45,47,49). The molecule has 4 amide bonds. The van der Waals surface area contributed by atoms with Crippen molar-refractivity contribution in [3.8, 4) is 11.3 Å². The van der Waals surface area contributed by atoms with Gasteiger partial charge in [-0.3, -0.25) is 39.2 Å². The van der Waals surface area contributed by atoms with Crippen LogP contribution in [0, 0.1) is 18.6 Å². The molecule has 0 saturated carbocycles. The van der Waals surface area contributed by atoms with Crippen LogP contribution < -0.4 is 15.5 Å². The highest BCUT2D eigenvalue weighted by atomic mass is 19.1. The van der Waals surface area contributed by atoms with Crippen LogP contribution in [-0.2, 0) is 16.1 Å². The first-order chi connectivity index (χ1) is 27.9. The van der Waals surface area contributed by atoms with E-state index in [0.717, 1.165) is 68.2 Å². The molecule has 5 aromatic rings. The summed E-state index contributed by atoms with van der Waals surface area (Å²) in [7, 11) is 0. The smallest absolute Gasteiger partial charge is 0.262 e. The Morgan fingerprint density at radius 2 is 1.66 bits per heavy atom. The molecule has 17 heteroatoms. The molecule has 0 aliphatic carbocycles. The van der Waals surface area contributed by atoms with Crippen molar-refractivity contribution in [2.75, 3.05) is 49.5 Å². The number of anilines is 3. The van der Waals surface area contributed by atoms with E-state index in [9.17, 15) is 19.2 Å². The summed E-state index contributed by atoms with van der Waals surface area (Å²) >= 11 is 0. The Morgan fingerprint density at radius 1 is 0.879 bits per heavy atom. The maximum atomic E-state index is 15.1. The molecule has 7 heterocycles. The van der Waals surface area contributed by atoms with Crippen molar-refractivity contribution in [1.82, 2.24) is 44.5 Å². The van der Waals surface area contributed by atoms with E-state index in [1.54, 1.807) is 24.4 Å². The number of benzene rings is 2. The van der Waals surface area contributed by atoms with E-state index in [-0.39, 0.29) is 52.7 Å². The molecule has 0 bridgehead atoms. The molecule has 3 fully saturated rings. The van der Waals surface area contributed by atoms with Crippen molar-refractivity contribution in [3.63, 3.8) is 0 Å². The van der Waals surface area contributed by atoms with Gasteiger partial charge in [-0.05, 0) is 69.2 Å². The van der Waals surface area contributed by atoms with Gasteiger partial charge in [0.25, 0.3) is 11.8 Å². The highest BCUT2D eigenvalue weighted by Gasteiger charge is 2.45. The summed E-state index contributed by atoms with van der Waals surface area (Å²) < 4.78 is 32.1. The van der Waals surface area contributed by atoms with Gasteiger partial charge in [-0.25, -0.2) is 28.7 Å². The number of pyridine rings is 1. The maximum Gasteiger partial charge on any atom is 0.262 e. The van der Waals surface area contributed by atoms with Crippen LogP contribution in [-0.4, -0.2) is 114 Å². The van der Waals surface area contributed by atoms with Gasteiger partial charge in [-0.2, -0.15) is 0 Å². The highest BCUT2D eigenvalue weighted by molar-refractivity contribution is 6.23. The van der Waals surface area contributed by atoms with Crippen molar-refractivity contribution in [2.24, 2.45) is 0 Å². The Labute approximate surface area is 332 Å². The van der Waals surface area contributed by atoms with Gasteiger partial charge in [-0.1, -0.05) is 6.07 Å². The van der Waals surface area contributed by atoms with E-state index in [1.807, 2.05) is 43.5 Å². The molecular weight excluding hydrogens is 749 g/mol. The number of rotatable bonds is 9. The lowest BCUT2D eigenvalue weighted by Gasteiger charge is -2.49. The average Bonchev–Trinajstić information content (AvgIpc) is 3.65. The number of fused-ring (bicyclic) bond motifs is 2. The number of aryl methyl sites for hydroxylation is 1. The lowest BCUT2D eigenvalue weighted by atomic mass is 10.0. The molecule has 298 valence electrons. The van der Waals surface area contributed by atoms with Gasteiger partial charge < -0.3 is 14.8 Å². The van der Waals surface area contributed by atoms with E-state index < -0.39 is 41.3 Å². The van der Waals surface area contributed by atoms with Crippen LogP contribution in [0.4, 0.5) is 26.2 Å². The van der Waals surface area contributed by atoms with Crippen molar-refractivity contribution >= 4 is 52.1 Å². The Hall–Kier alpha value is -6.20. The second kappa shape index (κ2) is 14.6. The average molecular weight is 790 g/mol. The van der Waals surface area contributed by atoms with Crippen molar-refractivity contribution < 1.29 is 28.0 Å². The molecule has 4 aliphatic heterocycles. The summed E-state index contributed by atoms with van der Waals surface area (Å²) in [5.74, 6) is -1.97. The van der Waals surface area contributed by atoms with Crippen LogP contribution in [0.5, 0.6) is 0 Å². The summed E-state index contributed by atoms with van der Waals surface area (Å²) in [5.41, 5.74) is 3.51. The Balaban J connectivity index is 0.772. The number of halogens is 2. The molecule has 58 heavy (non-hydrogen) atoms. The van der Waals surface area contributed by atoms with Crippen LogP contribution in [0.3, 0.4) is 0 Å². The molecule has 3 saturated heterocycles. The highest BCUT2D eigenvalue weighted by Crippen LogP contribution is 2.34. The number of hydrogen-bond acceptors (Lipinski definition) is 12. The fourth-order valence-electron chi connectivity index (χ4n) is 8.49. The van der Waals surface area contributed by atoms with Crippen molar-refractivity contribution in [2.45, 2.75) is 58.3 Å². The number of hydrogen-bond donors (Lipinski definition) is 2. The number of aromatic nitrogens is 5. The van der Waals surface area contributed by atoms with Crippen LogP contribution in [0.1, 0.15) is 64.8 Å². The van der Waals surface area contributed by atoms with Gasteiger partial charge in [0, 0.05) is 81.8 Å². The van der Waals surface area contributed by atoms with Crippen molar-refractivity contribution in [3.05, 3.63) is 89.0 Å². The van der Waals surface area contributed by atoms with E-state index >= 15 is 8.78 Å². The minimum atomic E-state index is -0.986. The van der Waals surface area contributed by atoms with Gasteiger partial charge in [0.2, 0.25) is 17.8 Å². The largest absolute Gasteiger partial charge is 0.368 e. The second-order valence-corrected chi connectivity index (χ2v) is 15.6. The van der Waals surface area contributed by atoms with E-state index in [2.05, 4.69) is 45.3 Å². The number of piperidine rings is 1. The Bertz CT molecular complexity index is 2490. The molecule has 3 aromatic heterocycles. The zero-order valence-corrected chi connectivity index (χ0v) is 32.2. The predicted octanol–water partition coefficient (Wildman–Crippen LogP) is 4.21. The van der Waals surface area contributed by atoms with E-state index in [0.29, 0.717) is 23.2 Å². The quantitative estimate of drug-likeness (QED) is 0.205. The number of piperazine rings is 1. The SMILES string of the molecule is Cc1nc2c(F)cc(-c3nc(Nc4ccc(CN5CCN(C6CN(c7ccc8c(c7)C(=O)N(C7CCC(=O)NC7=O)C8=O)C6)CC5)cn4)ncc3F)cc2n1C(C)C. The van der Waals surface area contributed by atoms with Gasteiger partial charge in [-0.15, -0.1) is 0 Å². The lowest BCUT2D eigenvalue weighted by molar-refractivity contribution is -0.136. The van der Waals surface area contributed by atoms with Gasteiger partial charge >= 0.3 is 0 Å². The molecule has 1 atom stereocenters. The minimum absolute atomic E-state index is 0.0321. The molecule has 4 aliphatic rings. The zero-order valence-electron chi connectivity index (χ0n) is 32.2. The summed E-state index contributed by atoms with van der Waals surface area (Å²) in [4.78, 5) is 75.8. The molecule has 2 aromatic carbocycles. The van der Waals surface area contributed by atoms with Gasteiger partial charge in [0.15, 0.2) is 11.6 Å². The number of amides is 4. The monoisotopic (exact) mass is 789 g/mol. The maximum absolute atomic E-state index is 15.1. The molecular formula is C41H41F2N11O4. The first-order valence-electron chi connectivity index (χ1n) is 19.4. The van der Waals surface area contributed by atoms with Crippen LogP contribution in [0.2, 0.25) is 0 Å². The van der Waals surface area contributed by atoms with Crippen LogP contribution in [0.15, 0.2) is 54.9 Å². The van der Waals surface area contributed by atoms with E-state index in [4.69, 9.17) is 0 Å². The third kappa shape index (κ3) is 6.72. The lowest BCUT2D eigenvalue weighted by Crippen LogP contribution is -2.63. The predicted molar refractivity (Wildman–Crippen MR) is 209 cm³/mol. The molecule has 2 N–H and O–H groups in total. The van der Waals surface area contributed by atoms with Crippen LogP contribution >= 0.6 is 0 Å². The number of carbonyl (C=O) groups excluding carboxylic acids is 4. The molecule has 9 rings (SSSR count). The first kappa shape index (κ1) is 37.4. The Morgan fingerprint density at radius 3 is 2.38 bits per heavy atom. The third-order valence-electron chi connectivity index (χ3n) is 11.5. The first-order valence-corrected chi connectivity index (χ1v) is 19.4. The minimum Gasteiger partial charge on any atom is -0.368 e. The molecule has 0 spiro atoms. The summed E-state index contributed by atoms with van der Waals surface area (Å²) in [6, 6.07) is 11.4.